The number of nitrogens with one attached hydrogen (secondary N) is 3. The van der Waals surface area contributed by atoms with Crippen LogP contribution in [0.5, 0.6) is 0 Å². The van der Waals surface area contributed by atoms with Crippen molar-refractivity contribution in [2.24, 2.45) is 0 Å². The molecule has 11 heteroatoms. The molecule has 3 N–H and O–H groups in total. The van der Waals surface area contributed by atoms with Gasteiger partial charge in [0.05, 0.1) is 18.7 Å². The number of rotatable bonds is 7. The Balaban J connectivity index is 1.31. The first kappa shape index (κ1) is 26.1. The number of piperazine rings is 2. The first-order chi connectivity index (χ1) is 17.8. The van der Waals surface area contributed by atoms with E-state index in [-0.39, 0.29) is 36.5 Å². The van der Waals surface area contributed by atoms with Crippen LogP contribution in [0.3, 0.4) is 0 Å². The Morgan fingerprint density at radius 2 is 1.59 bits per heavy atom. The summed E-state index contributed by atoms with van der Waals surface area (Å²) in [6.45, 7) is 4.52. The van der Waals surface area contributed by atoms with Crippen LogP contribution < -0.4 is 20.9 Å². The Kier molecular flexibility index (Phi) is 8.34. The lowest BCUT2D eigenvalue weighted by Crippen LogP contribution is -2.60. The summed E-state index contributed by atoms with van der Waals surface area (Å²) in [5, 5.41) is 8.13. The summed E-state index contributed by atoms with van der Waals surface area (Å²) >= 11 is 0. The van der Waals surface area contributed by atoms with E-state index in [1.165, 1.54) is 17.9 Å². The molecule has 37 heavy (non-hydrogen) atoms. The van der Waals surface area contributed by atoms with Gasteiger partial charge < -0.3 is 25.8 Å². The molecule has 1 atom stereocenters. The van der Waals surface area contributed by atoms with Crippen molar-refractivity contribution in [3.05, 3.63) is 54.3 Å². The van der Waals surface area contributed by atoms with E-state index in [1.807, 2.05) is 9.80 Å². The van der Waals surface area contributed by atoms with Crippen molar-refractivity contribution in [1.82, 2.24) is 15.1 Å². The third kappa shape index (κ3) is 6.82. The van der Waals surface area contributed by atoms with E-state index in [0.29, 0.717) is 56.3 Å². The zero-order valence-corrected chi connectivity index (χ0v) is 20.7. The highest BCUT2D eigenvalue weighted by Gasteiger charge is 2.35. The van der Waals surface area contributed by atoms with Gasteiger partial charge >= 0.3 is 0 Å². The van der Waals surface area contributed by atoms with E-state index in [2.05, 4.69) is 16.0 Å². The lowest BCUT2D eigenvalue weighted by Gasteiger charge is -2.39. The zero-order chi connectivity index (χ0) is 26.4. The number of hydrogen-bond acceptors (Lipinski definition) is 6. The van der Waals surface area contributed by atoms with Crippen molar-refractivity contribution in [1.29, 1.82) is 0 Å². The molecule has 0 aromatic heterocycles. The molecule has 10 nitrogen and oxygen atoms in total. The number of anilines is 3. The third-order valence-corrected chi connectivity index (χ3v) is 6.44. The van der Waals surface area contributed by atoms with Gasteiger partial charge in [0.1, 0.15) is 11.9 Å². The van der Waals surface area contributed by atoms with E-state index < -0.39 is 11.9 Å². The summed E-state index contributed by atoms with van der Waals surface area (Å²) in [4.78, 5) is 55.0. The van der Waals surface area contributed by atoms with Gasteiger partial charge in [-0.3, -0.25) is 24.1 Å². The number of halogens is 1. The molecule has 0 unspecified atom stereocenters. The lowest BCUT2D eigenvalue weighted by molar-refractivity contribution is -0.145. The smallest absolute Gasteiger partial charge is 0.243 e. The molecule has 2 aliphatic rings. The van der Waals surface area contributed by atoms with Crippen LogP contribution in [0, 0.1) is 5.82 Å². The number of carbonyl (C=O) groups is 4. The monoisotopic (exact) mass is 510 g/mol. The van der Waals surface area contributed by atoms with Crippen molar-refractivity contribution in [2.45, 2.75) is 19.4 Å². The molecule has 2 aliphatic heterocycles. The molecule has 0 spiro atoms. The van der Waals surface area contributed by atoms with Gasteiger partial charge in [0, 0.05) is 57.6 Å². The maximum Gasteiger partial charge on any atom is 0.243 e. The van der Waals surface area contributed by atoms with Crippen LogP contribution in [0.15, 0.2) is 48.5 Å². The van der Waals surface area contributed by atoms with Crippen LogP contribution in [0.4, 0.5) is 21.5 Å². The number of benzene rings is 2. The molecule has 196 valence electrons. The number of para-hydroxylation sites is 1. The molecule has 0 bridgehead atoms. The summed E-state index contributed by atoms with van der Waals surface area (Å²) in [7, 11) is 0. The number of amides is 4. The van der Waals surface area contributed by atoms with Gasteiger partial charge in [0.25, 0.3) is 0 Å². The van der Waals surface area contributed by atoms with Crippen LogP contribution in [0.2, 0.25) is 0 Å². The molecule has 0 saturated carbocycles. The Hall–Kier alpha value is -3.99. The molecule has 0 radical (unpaired) electrons. The van der Waals surface area contributed by atoms with Crippen molar-refractivity contribution in [3.8, 4) is 0 Å². The van der Waals surface area contributed by atoms with Crippen LogP contribution in [-0.4, -0.2) is 85.3 Å². The van der Waals surface area contributed by atoms with Gasteiger partial charge in [-0.2, -0.15) is 0 Å². The average Bonchev–Trinajstić information content (AvgIpc) is 2.87. The molecule has 2 heterocycles. The van der Waals surface area contributed by atoms with Gasteiger partial charge in [-0.1, -0.05) is 12.1 Å². The fraction of sp³-hybridized carbons (Fsp3) is 0.385. The van der Waals surface area contributed by atoms with Gasteiger partial charge in [-0.25, -0.2) is 4.39 Å². The number of hydrogen-bond donors (Lipinski definition) is 3. The fourth-order valence-corrected chi connectivity index (χ4v) is 4.58. The van der Waals surface area contributed by atoms with E-state index in [9.17, 15) is 23.6 Å². The molecule has 4 amide bonds. The molecular weight excluding hydrogens is 479 g/mol. The normalized spacial score (nSPS) is 18.2. The molecule has 2 fully saturated rings. The average molecular weight is 511 g/mol. The summed E-state index contributed by atoms with van der Waals surface area (Å²) in [6, 6.07) is 12.3. The third-order valence-electron chi connectivity index (χ3n) is 6.44. The second kappa shape index (κ2) is 11.8. The van der Waals surface area contributed by atoms with Crippen LogP contribution in [0.1, 0.15) is 13.3 Å². The number of nitrogens with zero attached hydrogens (tertiary/aromatic N) is 3. The maximum absolute atomic E-state index is 14.1. The van der Waals surface area contributed by atoms with E-state index >= 15 is 0 Å². The number of carbonyl (C=O) groups excluding carboxylic acids is 4. The highest BCUT2D eigenvalue weighted by Crippen LogP contribution is 2.21. The van der Waals surface area contributed by atoms with Gasteiger partial charge in [-0.05, 0) is 36.4 Å². The van der Waals surface area contributed by atoms with Crippen LogP contribution >= 0.6 is 0 Å². The Bertz CT molecular complexity index is 1150. The molecule has 2 aromatic rings. The predicted octanol–water partition coefficient (Wildman–Crippen LogP) is 1.26. The first-order valence-electron chi connectivity index (χ1n) is 12.3. The molecule has 4 rings (SSSR count). The fourth-order valence-electron chi connectivity index (χ4n) is 4.58. The molecule has 0 aliphatic carbocycles. The van der Waals surface area contributed by atoms with Gasteiger partial charge in [0.15, 0.2) is 0 Å². The second-order valence-corrected chi connectivity index (χ2v) is 9.12. The molecule has 2 aromatic carbocycles. The van der Waals surface area contributed by atoms with E-state index in [1.54, 1.807) is 42.5 Å². The summed E-state index contributed by atoms with van der Waals surface area (Å²) in [6.07, 6.45) is -0.175. The van der Waals surface area contributed by atoms with Crippen molar-refractivity contribution >= 4 is 40.7 Å². The van der Waals surface area contributed by atoms with E-state index in [0.717, 1.165) is 0 Å². The first-order valence-corrected chi connectivity index (χ1v) is 12.3. The van der Waals surface area contributed by atoms with Crippen molar-refractivity contribution < 1.29 is 23.6 Å². The summed E-state index contributed by atoms with van der Waals surface area (Å²) in [5.41, 5.74) is 1.67. The maximum atomic E-state index is 14.1. The standard InChI is InChI=1S/C26H31FN6O4/c1-18(34)29-19-6-8-20(9-7-19)30-24(35)16-23-26(37)28-10-11-33(23)25(36)17-31-12-14-32(15-13-31)22-5-3-2-4-21(22)27/h2-9,23H,10-17H2,1H3,(H,28,37)(H,29,34)(H,30,35)/t23-/m0/s1. The Morgan fingerprint density at radius 3 is 2.24 bits per heavy atom. The summed E-state index contributed by atoms with van der Waals surface area (Å²) in [5.74, 6) is -1.44. The highest BCUT2D eigenvalue weighted by atomic mass is 19.1. The largest absolute Gasteiger partial charge is 0.367 e. The van der Waals surface area contributed by atoms with E-state index in [4.69, 9.17) is 0 Å². The SMILES string of the molecule is CC(=O)Nc1ccc(NC(=O)C[C@H]2C(=O)NCCN2C(=O)CN2CCN(c3ccccc3F)CC2)cc1. The predicted molar refractivity (Wildman–Crippen MR) is 138 cm³/mol. The second-order valence-electron chi connectivity index (χ2n) is 9.12. The van der Waals surface area contributed by atoms with Gasteiger partial charge in [0.2, 0.25) is 23.6 Å². The minimum Gasteiger partial charge on any atom is -0.367 e. The summed E-state index contributed by atoms with van der Waals surface area (Å²) < 4.78 is 14.1. The quantitative estimate of drug-likeness (QED) is 0.517. The minimum absolute atomic E-state index is 0.126. The Morgan fingerprint density at radius 1 is 0.946 bits per heavy atom. The van der Waals surface area contributed by atoms with Crippen LogP contribution in [0.25, 0.3) is 0 Å². The topological polar surface area (TPSA) is 114 Å². The van der Waals surface area contributed by atoms with Crippen molar-refractivity contribution in [3.63, 3.8) is 0 Å². The molecule has 2 saturated heterocycles. The minimum atomic E-state index is -0.903. The zero-order valence-electron chi connectivity index (χ0n) is 20.7. The van der Waals surface area contributed by atoms with Gasteiger partial charge in [-0.15, -0.1) is 0 Å². The Labute approximate surface area is 214 Å². The lowest BCUT2D eigenvalue weighted by atomic mass is 10.1. The van der Waals surface area contributed by atoms with Crippen molar-refractivity contribution in [2.75, 3.05) is 61.3 Å². The molecular formula is C26H31FN6O4. The van der Waals surface area contributed by atoms with Crippen LogP contribution in [-0.2, 0) is 19.2 Å². The highest BCUT2D eigenvalue weighted by molar-refractivity contribution is 5.98.